The topological polar surface area (TPSA) is 106 Å². The maximum absolute atomic E-state index is 12.4. The van der Waals surface area contributed by atoms with Crippen LogP contribution in [0, 0.1) is 6.92 Å². The number of para-hydroxylation sites is 1. The van der Waals surface area contributed by atoms with Crippen molar-refractivity contribution in [2.75, 3.05) is 17.7 Å². The van der Waals surface area contributed by atoms with Gasteiger partial charge in [0, 0.05) is 12.3 Å². The second-order valence-electron chi connectivity index (χ2n) is 5.37. The number of carbonyl (C=O) groups excluding carboxylic acids is 2. The number of anilines is 3. The van der Waals surface area contributed by atoms with E-state index in [1.807, 2.05) is 0 Å². The van der Waals surface area contributed by atoms with Gasteiger partial charge in [-0.2, -0.15) is 0 Å². The number of aryl methyl sites for hydroxylation is 1. The number of amides is 1. The molecule has 2 aromatic heterocycles. The van der Waals surface area contributed by atoms with Crippen molar-refractivity contribution in [2.45, 2.75) is 6.92 Å². The lowest BCUT2D eigenvalue weighted by molar-refractivity contribution is 0.0602. The molecule has 0 aliphatic rings. The van der Waals surface area contributed by atoms with Crippen molar-refractivity contribution in [1.82, 2.24) is 10.1 Å². The highest BCUT2D eigenvalue weighted by molar-refractivity contribution is 6.07. The second-order valence-corrected chi connectivity index (χ2v) is 5.37. The predicted octanol–water partition coefficient (Wildman–Crippen LogP) is 3.16. The van der Waals surface area contributed by atoms with Crippen molar-refractivity contribution in [1.29, 1.82) is 0 Å². The van der Waals surface area contributed by atoms with Crippen molar-refractivity contribution in [3.8, 4) is 0 Å². The van der Waals surface area contributed by atoms with Crippen LogP contribution in [0.15, 0.2) is 53.2 Å². The van der Waals surface area contributed by atoms with Crippen LogP contribution in [0.4, 0.5) is 17.3 Å². The Labute approximate surface area is 149 Å². The molecular weight excluding hydrogens is 336 g/mol. The Morgan fingerprint density at radius 3 is 2.58 bits per heavy atom. The SMILES string of the molecule is COC(=O)c1ccccc1NC(=O)c1ccc(Nc2cc(C)on2)nc1. The minimum atomic E-state index is -0.526. The molecule has 0 unspecified atom stereocenters. The summed E-state index contributed by atoms with van der Waals surface area (Å²) in [6.07, 6.45) is 1.42. The van der Waals surface area contributed by atoms with Gasteiger partial charge in [-0.1, -0.05) is 17.3 Å². The van der Waals surface area contributed by atoms with Gasteiger partial charge in [-0.05, 0) is 31.2 Å². The van der Waals surface area contributed by atoms with Gasteiger partial charge in [-0.3, -0.25) is 4.79 Å². The second kappa shape index (κ2) is 7.47. The number of methoxy groups -OCH3 is 1. The maximum Gasteiger partial charge on any atom is 0.339 e. The summed E-state index contributed by atoms with van der Waals surface area (Å²) in [4.78, 5) is 28.3. The van der Waals surface area contributed by atoms with Gasteiger partial charge in [-0.25, -0.2) is 9.78 Å². The first-order valence-corrected chi connectivity index (χ1v) is 7.72. The third-order valence-corrected chi connectivity index (χ3v) is 3.49. The number of pyridine rings is 1. The fourth-order valence-corrected chi connectivity index (χ4v) is 2.23. The summed E-state index contributed by atoms with van der Waals surface area (Å²) >= 11 is 0. The van der Waals surface area contributed by atoms with Crippen molar-refractivity contribution in [3.63, 3.8) is 0 Å². The van der Waals surface area contributed by atoms with Crippen LogP contribution in [-0.4, -0.2) is 29.1 Å². The quantitative estimate of drug-likeness (QED) is 0.679. The summed E-state index contributed by atoms with van der Waals surface area (Å²) in [6.45, 7) is 1.78. The van der Waals surface area contributed by atoms with Gasteiger partial charge in [0.2, 0.25) is 0 Å². The number of esters is 1. The van der Waals surface area contributed by atoms with Gasteiger partial charge in [0.05, 0.1) is 23.9 Å². The molecule has 26 heavy (non-hydrogen) atoms. The third-order valence-electron chi connectivity index (χ3n) is 3.49. The molecule has 0 bridgehead atoms. The standard InChI is InChI=1S/C18H16N4O4/c1-11-9-16(22-26-11)21-15-8-7-12(10-19-15)17(23)20-14-6-4-3-5-13(14)18(24)25-2/h3-10H,1-2H3,(H,20,23)(H,19,21,22). The lowest BCUT2D eigenvalue weighted by atomic mass is 10.1. The first-order chi connectivity index (χ1) is 12.6. The first kappa shape index (κ1) is 17.2. The molecule has 0 atom stereocenters. The molecule has 2 N–H and O–H groups in total. The maximum atomic E-state index is 12.4. The van der Waals surface area contributed by atoms with Crippen LogP contribution in [0.1, 0.15) is 26.5 Å². The number of nitrogens with one attached hydrogen (secondary N) is 2. The van der Waals surface area contributed by atoms with Crippen LogP contribution in [0.5, 0.6) is 0 Å². The van der Waals surface area contributed by atoms with E-state index < -0.39 is 11.9 Å². The van der Waals surface area contributed by atoms with E-state index in [1.165, 1.54) is 13.3 Å². The van der Waals surface area contributed by atoms with E-state index in [1.54, 1.807) is 49.4 Å². The smallest absolute Gasteiger partial charge is 0.339 e. The largest absolute Gasteiger partial charge is 0.465 e. The van der Waals surface area contributed by atoms with E-state index in [0.29, 0.717) is 28.6 Å². The molecule has 3 rings (SSSR count). The Kier molecular flexibility index (Phi) is 4.93. The van der Waals surface area contributed by atoms with Gasteiger partial charge < -0.3 is 19.9 Å². The number of carbonyl (C=O) groups is 2. The van der Waals surface area contributed by atoms with Crippen molar-refractivity contribution < 1.29 is 18.8 Å². The number of rotatable bonds is 5. The molecule has 2 heterocycles. The Bertz CT molecular complexity index is 934. The Balaban J connectivity index is 1.72. The molecule has 0 aliphatic carbocycles. The monoisotopic (exact) mass is 352 g/mol. The van der Waals surface area contributed by atoms with Crippen LogP contribution >= 0.6 is 0 Å². The number of hydrogen-bond donors (Lipinski definition) is 2. The number of hydrogen-bond acceptors (Lipinski definition) is 7. The third kappa shape index (κ3) is 3.86. The Morgan fingerprint density at radius 1 is 1.12 bits per heavy atom. The van der Waals surface area contributed by atoms with Gasteiger partial charge in [0.25, 0.3) is 5.91 Å². The molecule has 1 amide bonds. The first-order valence-electron chi connectivity index (χ1n) is 7.72. The highest BCUT2D eigenvalue weighted by atomic mass is 16.5. The van der Waals surface area contributed by atoms with E-state index >= 15 is 0 Å². The number of aromatic nitrogens is 2. The molecule has 1 aromatic carbocycles. The van der Waals surface area contributed by atoms with Crippen LogP contribution in [0.2, 0.25) is 0 Å². The van der Waals surface area contributed by atoms with Crippen molar-refractivity contribution in [2.24, 2.45) is 0 Å². The summed E-state index contributed by atoms with van der Waals surface area (Å²) in [5.41, 5.74) is 0.979. The highest BCUT2D eigenvalue weighted by Crippen LogP contribution is 2.18. The number of ether oxygens (including phenoxy) is 1. The van der Waals surface area contributed by atoms with Crippen LogP contribution < -0.4 is 10.6 Å². The summed E-state index contributed by atoms with van der Waals surface area (Å²) in [5, 5.41) is 9.46. The molecule has 0 spiro atoms. The van der Waals surface area contributed by atoms with Gasteiger partial charge >= 0.3 is 5.97 Å². The molecule has 8 nitrogen and oxygen atoms in total. The van der Waals surface area contributed by atoms with Crippen molar-refractivity contribution in [3.05, 3.63) is 65.5 Å². The fourth-order valence-electron chi connectivity index (χ4n) is 2.23. The predicted molar refractivity (Wildman–Crippen MR) is 94.5 cm³/mol. The van der Waals surface area contributed by atoms with E-state index in [-0.39, 0.29) is 5.56 Å². The minimum absolute atomic E-state index is 0.274. The molecule has 8 heteroatoms. The van der Waals surface area contributed by atoms with Crippen LogP contribution in [-0.2, 0) is 4.74 Å². The zero-order chi connectivity index (χ0) is 18.5. The van der Waals surface area contributed by atoms with Crippen LogP contribution in [0.3, 0.4) is 0 Å². The normalized spacial score (nSPS) is 10.2. The molecular formula is C18H16N4O4. The molecule has 0 aliphatic heterocycles. The number of benzene rings is 1. The Hall–Kier alpha value is -3.68. The average molecular weight is 352 g/mol. The minimum Gasteiger partial charge on any atom is -0.465 e. The lowest BCUT2D eigenvalue weighted by Gasteiger charge is -2.09. The molecule has 3 aromatic rings. The molecule has 0 fully saturated rings. The average Bonchev–Trinajstić information content (AvgIpc) is 3.07. The lowest BCUT2D eigenvalue weighted by Crippen LogP contribution is -2.15. The highest BCUT2D eigenvalue weighted by Gasteiger charge is 2.14. The van der Waals surface area contributed by atoms with E-state index in [0.717, 1.165) is 0 Å². The summed E-state index contributed by atoms with van der Waals surface area (Å²) in [7, 11) is 1.28. The van der Waals surface area contributed by atoms with E-state index in [9.17, 15) is 9.59 Å². The van der Waals surface area contributed by atoms with Gasteiger partial charge in [0.1, 0.15) is 11.6 Å². The molecule has 0 saturated heterocycles. The molecule has 0 saturated carbocycles. The van der Waals surface area contributed by atoms with Crippen LogP contribution in [0.25, 0.3) is 0 Å². The van der Waals surface area contributed by atoms with Crippen molar-refractivity contribution >= 4 is 29.2 Å². The van der Waals surface area contributed by atoms with Gasteiger partial charge in [-0.15, -0.1) is 0 Å². The van der Waals surface area contributed by atoms with E-state index in [4.69, 9.17) is 9.26 Å². The zero-order valence-corrected chi connectivity index (χ0v) is 14.1. The zero-order valence-electron chi connectivity index (χ0n) is 14.1. The van der Waals surface area contributed by atoms with Gasteiger partial charge in [0.15, 0.2) is 5.82 Å². The fraction of sp³-hybridized carbons (Fsp3) is 0.111. The van der Waals surface area contributed by atoms with E-state index in [2.05, 4.69) is 20.8 Å². The number of nitrogens with zero attached hydrogens (tertiary/aromatic N) is 2. The molecule has 132 valence electrons. The molecule has 0 radical (unpaired) electrons. The summed E-state index contributed by atoms with van der Waals surface area (Å²) in [6, 6.07) is 11.6. The Morgan fingerprint density at radius 2 is 1.92 bits per heavy atom. The summed E-state index contributed by atoms with van der Waals surface area (Å²) in [5.74, 6) is 0.802. The summed E-state index contributed by atoms with van der Waals surface area (Å²) < 4.78 is 9.68.